The van der Waals surface area contributed by atoms with Gasteiger partial charge >= 0.3 is 0 Å². The maximum Gasteiger partial charge on any atom is 0.234 e. The molecule has 1 N–H and O–H groups in total. The first kappa shape index (κ1) is 19.9. The van der Waals surface area contributed by atoms with Crippen LogP contribution in [0.5, 0.6) is 0 Å². The zero-order valence-electron chi connectivity index (χ0n) is 18.0. The van der Waals surface area contributed by atoms with Crippen molar-refractivity contribution in [3.05, 3.63) is 77.4 Å². The van der Waals surface area contributed by atoms with Crippen LogP contribution < -0.4 is 5.32 Å². The smallest absolute Gasteiger partial charge is 0.234 e. The molecule has 4 aromatic rings. The van der Waals surface area contributed by atoms with E-state index in [1.165, 1.54) is 16.7 Å². The molecule has 1 aliphatic rings. The van der Waals surface area contributed by atoms with Gasteiger partial charge in [-0.3, -0.25) is 4.79 Å². The van der Waals surface area contributed by atoms with Crippen LogP contribution >= 0.6 is 11.8 Å². The van der Waals surface area contributed by atoms with Crippen LogP contribution in [0.1, 0.15) is 36.5 Å². The Morgan fingerprint density at radius 3 is 2.61 bits per heavy atom. The average Bonchev–Trinajstić information content (AvgIpc) is 3.11. The van der Waals surface area contributed by atoms with E-state index in [1.54, 1.807) is 11.8 Å². The van der Waals surface area contributed by atoms with Crippen molar-refractivity contribution in [3.8, 4) is 11.4 Å². The molecule has 0 unspecified atom stereocenters. The second-order valence-electron chi connectivity index (χ2n) is 8.40. The van der Waals surface area contributed by atoms with E-state index < -0.39 is 0 Å². The van der Waals surface area contributed by atoms with E-state index in [1.807, 2.05) is 6.07 Å². The Morgan fingerprint density at radius 2 is 1.87 bits per heavy atom. The minimum absolute atomic E-state index is 0.0423. The first-order chi connectivity index (χ1) is 15.0. The highest BCUT2D eigenvalue weighted by Gasteiger charge is 2.20. The van der Waals surface area contributed by atoms with Crippen molar-refractivity contribution in [3.63, 3.8) is 0 Å². The Kier molecular flexibility index (Phi) is 5.06. The lowest BCUT2D eigenvalue weighted by Gasteiger charge is -2.17. The molecular formula is C26H25N3OS. The van der Waals surface area contributed by atoms with Crippen LogP contribution in [0.25, 0.3) is 22.4 Å². The van der Waals surface area contributed by atoms with E-state index in [0.29, 0.717) is 11.7 Å². The van der Waals surface area contributed by atoms with E-state index in [9.17, 15) is 4.79 Å². The third-order valence-electron chi connectivity index (χ3n) is 5.91. The quantitative estimate of drug-likeness (QED) is 0.420. The first-order valence-corrected chi connectivity index (χ1v) is 11.6. The zero-order valence-corrected chi connectivity index (χ0v) is 18.8. The minimum atomic E-state index is 0.0423. The van der Waals surface area contributed by atoms with E-state index in [0.717, 1.165) is 39.5 Å². The minimum Gasteiger partial charge on any atom is -0.324 e. The number of nitrogens with one attached hydrogen (secondary N) is 1. The molecule has 0 atom stereocenters. The van der Waals surface area contributed by atoms with Crippen molar-refractivity contribution >= 4 is 34.4 Å². The Morgan fingerprint density at radius 1 is 1.10 bits per heavy atom. The van der Waals surface area contributed by atoms with Crippen LogP contribution in [-0.2, 0) is 11.3 Å². The summed E-state index contributed by atoms with van der Waals surface area (Å²) in [5.74, 6) is 1.94. The molecule has 0 bridgehead atoms. The molecule has 4 nitrogen and oxygen atoms in total. The molecule has 0 saturated carbocycles. The maximum absolute atomic E-state index is 11.9. The van der Waals surface area contributed by atoms with Crippen molar-refractivity contribution < 1.29 is 4.79 Å². The predicted octanol–water partition coefficient (Wildman–Crippen LogP) is 6.23. The lowest BCUT2D eigenvalue weighted by molar-refractivity contribution is -0.113. The Labute approximate surface area is 186 Å². The van der Waals surface area contributed by atoms with Gasteiger partial charge in [0.1, 0.15) is 5.82 Å². The summed E-state index contributed by atoms with van der Waals surface area (Å²) < 4.78 is 2.30. The lowest BCUT2D eigenvalue weighted by atomic mass is 10.0. The predicted molar refractivity (Wildman–Crippen MR) is 129 cm³/mol. The molecule has 0 radical (unpaired) electrons. The second-order valence-corrected chi connectivity index (χ2v) is 9.42. The van der Waals surface area contributed by atoms with Gasteiger partial charge in [-0.05, 0) is 41.7 Å². The van der Waals surface area contributed by atoms with Gasteiger partial charge < -0.3 is 9.88 Å². The number of anilines is 1. The molecule has 1 aliphatic heterocycles. The number of benzene rings is 3. The standard InChI is InChI=1S/C26H25N3OS/c1-16(2)18-8-10-19(11-9-18)26-28-21-12-22-24(31-15-25(30)27-22)13-23(21)29(26)14-20-7-5-4-6-17(20)3/h4-13,16H,14-15H2,1-3H3,(H,27,30). The number of amides is 1. The van der Waals surface area contributed by atoms with Gasteiger partial charge in [0, 0.05) is 17.0 Å². The number of aromatic nitrogens is 2. The second kappa shape index (κ2) is 7.89. The molecule has 156 valence electrons. The normalized spacial score (nSPS) is 13.5. The maximum atomic E-state index is 11.9. The van der Waals surface area contributed by atoms with Crippen LogP contribution in [-0.4, -0.2) is 21.2 Å². The molecule has 1 aromatic heterocycles. The Bertz CT molecular complexity index is 1290. The molecule has 3 aromatic carbocycles. The molecule has 31 heavy (non-hydrogen) atoms. The van der Waals surface area contributed by atoms with E-state index >= 15 is 0 Å². The summed E-state index contributed by atoms with van der Waals surface area (Å²) in [4.78, 5) is 18.0. The topological polar surface area (TPSA) is 46.9 Å². The highest BCUT2D eigenvalue weighted by atomic mass is 32.2. The number of imidazole rings is 1. The van der Waals surface area contributed by atoms with Gasteiger partial charge in [0.2, 0.25) is 5.91 Å². The summed E-state index contributed by atoms with van der Waals surface area (Å²) >= 11 is 1.59. The molecule has 0 saturated heterocycles. The number of rotatable bonds is 4. The largest absolute Gasteiger partial charge is 0.324 e. The number of aryl methyl sites for hydroxylation is 1. The van der Waals surface area contributed by atoms with Gasteiger partial charge in [-0.2, -0.15) is 0 Å². The van der Waals surface area contributed by atoms with Gasteiger partial charge in [0.05, 0.1) is 22.5 Å². The highest BCUT2D eigenvalue weighted by molar-refractivity contribution is 8.00. The van der Waals surface area contributed by atoms with Crippen molar-refractivity contribution in [2.45, 2.75) is 38.1 Å². The molecule has 5 rings (SSSR count). The highest BCUT2D eigenvalue weighted by Crippen LogP contribution is 2.37. The Hall–Kier alpha value is -3.05. The summed E-state index contributed by atoms with van der Waals surface area (Å²) in [6.07, 6.45) is 0. The molecule has 5 heteroatoms. The monoisotopic (exact) mass is 427 g/mol. The van der Waals surface area contributed by atoms with Crippen LogP contribution in [0, 0.1) is 6.92 Å². The summed E-state index contributed by atoms with van der Waals surface area (Å²) in [6.45, 7) is 7.32. The number of hydrogen-bond donors (Lipinski definition) is 1. The number of fused-ring (bicyclic) bond motifs is 2. The average molecular weight is 428 g/mol. The summed E-state index contributed by atoms with van der Waals surface area (Å²) in [6, 6.07) is 21.4. The fraction of sp³-hybridized carbons (Fsp3) is 0.231. The molecule has 0 spiro atoms. The number of thioether (sulfide) groups is 1. The first-order valence-electron chi connectivity index (χ1n) is 10.6. The van der Waals surface area contributed by atoms with Gasteiger partial charge in [-0.25, -0.2) is 4.98 Å². The van der Waals surface area contributed by atoms with Crippen LogP contribution in [0.3, 0.4) is 0 Å². The SMILES string of the molecule is Cc1ccccc1Cn1c(-c2ccc(C(C)C)cc2)nc2cc3c(cc21)SCC(=O)N3. The van der Waals surface area contributed by atoms with Crippen molar-refractivity contribution in [1.82, 2.24) is 9.55 Å². The van der Waals surface area contributed by atoms with Crippen molar-refractivity contribution in [2.24, 2.45) is 0 Å². The molecule has 0 fully saturated rings. The van der Waals surface area contributed by atoms with Crippen molar-refractivity contribution in [2.75, 3.05) is 11.1 Å². The number of carbonyl (C=O) groups excluding carboxylic acids is 1. The van der Waals surface area contributed by atoms with Gasteiger partial charge in [0.15, 0.2) is 0 Å². The van der Waals surface area contributed by atoms with Gasteiger partial charge in [0.25, 0.3) is 0 Å². The van der Waals surface area contributed by atoms with Gasteiger partial charge in [-0.1, -0.05) is 62.4 Å². The molecule has 2 heterocycles. The van der Waals surface area contributed by atoms with Crippen LogP contribution in [0.4, 0.5) is 5.69 Å². The Balaban J connectivity index is 1.69. The van der Waals surface area contributed by atoms with Gasteiger partial charge in [-0.15, -0.1) is 11.8 Å². The lowest BCUT2D eigenvalue weighted by Crippen LogP contribution is -2.18. The number of nitrogens with zero attached hydrogens (tertiary/aromatic N) is 2. The van der Waals surface area contributed by atoms with Crippen molar-refractivity contribution in [1.29, 1.82) is 0 Å². The summed E-state index contributed by atoms with van der Waals surface area (Å²) in [5, 5.41) is 2.99. The molecule has 0 aliphatic carbocycles. The third-order valence-corrected chi connectivity index (χ3v) is 6.96. The fourth-order valence-corrected chi connectivity index (χ4v) is 4.87. The summed E-state index contributed by atoms with van der Waals surface area (Å²) in [7, 11) is 0. The number of carbonyl (C=O) groups is 1. The molecular weight excluding hydrogens is 402 g/mol. The fourth-order valence-electron chi connectivity index (χ4n) is 4.05. The van der Waals surface area contributed by atoms with E-state index in [4.69, 9.17) is 4.98 Å². The third kappa shape index (κ3) is 3.74. The summed E-state index contributed by atoms with van der Waals surface area (Å²) in [5.41, 5.74) is 7.82. The number of hydrogen-bond acceptors (Lipinski definition) is 3. The van der Waals surface area contributed by atoms with Crippen LogP contribution in [0.2, 0.25) is 0 Å². The van der Waals surface area contributed by atoms with Crippen LogP contribution in [0.15, 0.2) is 65.6 Å². The van der Waals surface area contributed by atoms with E-state index in [2.05, 4.69) is 85.3 Å². The van der Waals surface area contributed by atoms with E-state index in [-0.39, 0.29) is 5.91 Å². The zero-order chi connectivity index (χ0) is 21.5. The molecule has 1 amide bonds.